The summed E-state index contributed by atoms with van der Waals surface area (Å²) < 4.78 is 2.10. The van der Waals surface area contributed by atoms with Crippen molar-refractivity contribution in [3.63, 3.8) is 0 Å². The first kappa shape index (κ1) is 17.8. The fourth-order valence-corrected chi connectivity index (χ4v) is 5.92. The van der Waals surface area contributed by atoms with Gasteiger partial charge >= 0.3 is 165 Å². The number of hydrogen-bond acceptors (Lipinski definition) is 5. The van der Waals surface area contributed by atoms with Gasteiger partial charge in [0.05, 0.1) is 0 Å². The molecule has 1 unspecified atom stereocenters. The average Bonchev–Trinajstić information content (AvgIpc) is 3.04. The quantitative estimate of drug-likeness (QED) is 0.371. The first-order chi connectivity index (χ1) is 11.4. The summed E-state index contributed by atoms with van der Waals surface area (Å²) in [6, 6.07) is 5.76. The topological polar surface area (TPSA) is 75.2 Å². The van der Waals surface area contributed by atoms with Crippen molar-refractivity contribution in [1.29, 1.82) is 0 Å². The molecule has 1 fully saturated rings. The van der Waals surface area contributed by atoms with Gasteiger partial charge in [0, 0.05) is 0 Å². The van der Waals surface area contributed by atoms with Crippen molar-refractivity contribution in [2.24, 2.45) is 0 Å². The summed E-state index contributed by atoms with van der Waals surface area (Å²) in [5, 5.41) is 3.20. The molecule has 3 amide bonds. The van der Waals surface area contributed by atoms with Crippen molar-refractivity contribution in [3.8, 4) is 10.6 Å². The molecule has 0 spiro atoms. The molecular formula is C15H16AsIN4O2S. The van der Waals surface area contributed by atoms with E-state index in [9.17, 15) is 9.59 Å². The van der Waals surface area contributed by atoms with E-state index in [0.29, 0.717) is 6.54 Å². The Morgan fingerprint density at radius 2 is 2.12 bits per heavy atom. The number of aromatic nitrogens is 2. The molecule has 0 aromatic carbocycles. The average molecular weight is 518 g/mol. The predicted molar refractivity (Wildman–Crippen MR) is 104 cm³/mol. The van der Waals surface area contributed by atoms with Crippen LogP contribution in [0.2, 0.25) is 5.21 Å². The Kier molecular flexibility index (Phi) is 5.27. The molecule has 126 valence electrons. The summed E-state index contributed by atoms with van der Waals surface area (Å²) in [7, 11) is 0. The molecular weight excluding hydrogens is 502 g/mol. The molecule has 2 aromatic heterocycles. The van der Waals surface area contributed by atoms with E-state index in [-0.39, 0.29) is 11.9 Å². The van der Waals surface area contributed by atoms with Crippen molar-refractivity contribution in [2.45, 2.75) is 24.6 Å². The molecule has 0 aliphatic carbocycles. The SMILES string of the molecule is CC1(C)C(=O)NC(=O)N1CC[AsH]c1nccc(-c2ccc(I)s2)n1. The molecule has 0 bridgehead atoms. The second kappa shape index (κ2) is 7.09. The monoisotopic (exact) mass is 518 g/mol. The zero-order valence-electron chi connectivity index (χ0n) is 13.2. The molecule has 1 saturated heterocycles. The number of hydrogen-bond donors (Lipinski definition) is 1. The Labute approximate surface area is 164 Å². The van der Waals surface area contributed by atoms with Crippen LogP contribution in [0.3, 0.4) is 0 Å². The van der Waals surface area contributed by atoms with Crippen LogP contribution >= 0.6 is 33.9 Å². The van der Waals surface area contributed by atoms with Crippen LogP contribution in [0, 0.1) is 2.88 Å². The van der Waals surface area contributed by atoms with Crippen molar-refractivity contribution >= 4 is 66.2 Å². The molecule has 1 aliphatic rings. The zero-order chi connectivity index (χ0) is 17.3. The first-order valence-corrected chi connectivity index (χ1v) is 11.8. The number of nitrogens with zero attached hydrogens (tertiary/aromatic N) is 3. The number of carbonyl (C=O) groups is 2. The van der Waals surface area contributed by atoms with Crippen LogP contribution in [0.25, 0.3) is 10.6 Å². The van der Waals surface area contributed by atoms with Gasteiger partial charge in [-0.2, -0.15) is 0 Å². The van der Waals surface area contributed by atoms with Crippen LogP contribution in [0.4, 0.5) is 4.79 Å². The van der Waals surface area contributed by atoms with Crippen LogP contribution in [0.1, 0.15) is 13.8 Å². The van der Waals surface area contributed by atoms with E-state index in [1.807, 2.05) is 6.07 Å². The van der Waals surface area contributed by atoms with Gasteiger partial charge < -0.3 is 0 Å². The Hall–Kier alpha value is -0.992. The summed E-state index contributed by atoms with van der Waals surface area (Å²) in [5.41, 5.74) is 0.172. The van der Waals surface area contributed by atoms with Crippen molar-refractivity contribution < 1.29 is 9.59 Å². The minimum absolute atomic E-state index is 0.238. The summed E-state index contributed by atoms with van der Waals surface area (Å²) in [6.45, 7) is 4.08. The van der Waals surface area contributed by atoms with E-state index in [4.69, 9.17) is 0 Å². The Morgan fingerprint density at radius 1 is 1.33 bits per heavy atom. The third kappa shape index (κ3) is 3.65. The Bertz CT molecular complexity index is 795. The van der Waals surface area contributed by atoms with Gasteiger partial charge in [-0.1, -0.05) is 0 Å². The van der Waals surface area contributed by atoms with Crippen molar-refractivity contribution in [3.05, 3.63) is 27.3 Å². The number of nitrogens with one attached hydrogen (secondary N) is 1. The molecule has 24 heavy (non-hydrogen) atoms. The van der Waals surface area contributed by atoms with E-state index in [1.165, 1.54) is 2.88 Å². The number of amides is 3. The normalized spacial score (nSPS) is 17.0. The van der Waals surface area contributed by atoms with E-state index in [2.05, 4.69) is 50.0 Å². The molecule has 0 radical (unpaired) electrons. The third-order valence-corrected chi connectivity index (χ3v) is 7.87. The fraction of sp³-hybridized carbons (Fsp3) is 0.333. The standard InChI is InChI=1S/C15H16AsIN4O2S/c1-15(2)12(22)20-14(23)21(15)8-6-16-13-18-7-5-9(19-13)10-3-4-11(17)24-10/h3-5,7,16H,6,8H2,1-2H3,(H,20,22,23). The van der Waals surface area contributed by atoms with Crippen LogP contribution in [0.15, 0.2) is 24.4 Å². The van der Waals surface area contributed by atoms with E-state index < -0.39 is 21.3 Å². The van der Waals surface area contributed by atoms with Gasteiger partial charge in [0.15, 0.2) is 0 Å². The van der Waals surface area contributed by atoms with Crippen LogP contribution < -0.4 is 9.93 Å². The molecule has 3 heterocycles. The first-order valence-electron chi connectivity index (χ1n) is 7.33. The van der Waals surface area contributed by atoms with Gasteiger partial charge in [-0.25, -0.2) is 0 Å². The minimum atomic E-state index is -0.778. The third-order valence-electron chi connectivity index (χ3n) is 3.80. The second-order valence-electron chi connectivity index (χ2n) is 5.77. The molecule has 2 aromatic rings. The number of carbonyl (C=O) groups excluding carboxylic acids is 2. The van der Waals surface area contributed by atoms with Crippen molar-refractivity contribution in [2.75, 3.05) is 6.54 Å². The Morgan fingerprint density at radius 3 is 2.75 bits per heavy atom. The number of imide groups is 1. The molecule has 1 aliphatic heterocycles. The zero-order valence-corrected chi connectivity index (χ0v) is 18.2. The summed E-state index contributed by atoms with van der Waals surface area (Å²) in [5.74, 6) is -0.238. The maximum atomic E-state index is 11.9. The van der Waals surface area contributed by atoms with Gasteiger partial charge in [-0.05, 0) is 0 Å². The van der Waals surface area contributed by atoms with Gasteiger partial charge in [0.2, 0.25) is 0 Å². The predicted octanol–water partition coefficient (Wildman–Crippen LogP) is 1.62. The van der Waals surface area contributed by atoms with Gasteiger partial charge in [0.1, 0.15) is 0 Å². The van der Waals surface area contributed by atoms with E-state index >= 15 is 0 Å². The summed E-state index contributed by atoms with van der Waals surface area (Å²) in [6.07, 6.45) is 1.80. The molecule has 0 saturated carbocycles. The number of thiophene rings is 1. The van der Waals surface area contributed by atoms with E-state index in [0.717, 1.165) is 20.4 Å². The number of urea groups is 1. The Balaban J connectivity index is 1.63. The molecule has 9 heteroatoms. The van der Waals surface area contributed by atoms with Crippen LogP contribution in [0.5, 0.6) is 0 Å². The molecule has 1 atom stereocenters. The van der Waals surface area contributed by atoms with Crippen LogP contribution in [-0.2, 0) is 4.79 Å². The second-order valence-corrected chi connectivity index (χ2v) is 11.5. The summed E-state index contributed by atoms with van der Waals surface area (Å²) >= 11 is 3.44. The number of rotatable bonds is 5. The van der Waals surface area contributed by atoms with Crippen molar-refractivity contribution in [1.82, 2.24) is 20.2 Å². The molecule has 1 N–H and O–H groups in total. The van der Waals surface area contributed by atoms with Gasteiger partial charge in [-0.3, -0.25) is 0 Å². The van der Waals surface area contributed by atoms with Gasteiger partial charge in [0.25, 0.3) is 0 Å². The molecule has 6 nitrogen and oxygen atoms in total. The van der Waals surface area contributed by atoms with Gasteiger partial charge in [-0.15, -0.1) is 0 Å². The number of halogens is 1. The molecule has 3 rings (SSSR count). The van der Waals surface area contributed by atoms with Crippen LogP contribution in [-0.4, -0.2) is 54.6 Å². The summed E-state index contributed by atoms with van der Waals surface area (Å²) in [4.78, 5) is 35.4. The fourth-order valence-electron chi connectivity index (χ4n) is 2.39. The maximum absolute atomic E-state index is 11.9. The van der Waals surface area contributed by atoms with E-state index in [1.54, 1.807) is 36.3 Å².